The van der Waals surface area contributed by atoms with Crippen molar-refractivity contribution in [3.8, 4) is 5.75 Å². The normalized spacial score (nSPS) is 11.4. The molecule has 3 heteroatoms. The summed E-state index contributed by atoms with van der Waals surface area (Å²) < 4.78 is 5.75. The van der Waals surface area contributed by atoms with E-state index in [1.807, 2.05) is 13.8 Å². The van der Waals surface area contributed by atoms with E-state index in [2.05, 4.69) is 6.92 Å². The number of benzene rings is 1. The zero-order valence-electron chi connectivity index (χ0n) is 8.80. The molecule has 2 nitrogen and oxygen atoms in total. The molecule has 0 fully saturated rings. The molecular formula is C11H16ClNO. The number of ether oxygens (including phenoxy) is 1. The summed E-state index contributed by atoms with van der Waals surface area (Å²) in [5.41, 5.74) is 6.16. The molecule has 0 aliphatic heterocycles. The highest BCUT2D eigenvalue weighted by molar-refractivity contribution is 6.30. The van der Waals surface area contributed by atoms with Gasteiger partial charge in [0.05, 0.1) is 5.69 Å². The van der Waals surface area contributed by atoms with Crippen LogP contribution in [0.2, 0.25) is 5.02 Å². The smallest absolute Gasteiger partial charge is 0.143 e. The SMILES string of the molecule is CCC(C)(C)Oc1ccc(Cl)cc1N. The lowest BCUT2D eigenvalue weighted by Crippen LogP contribution is -2.27. The monoisotopic (exact) mass is 213 g/mol. The zero-order chi connectivity index (χ0) is 10.8. The molecule has 0 radical (unpaired) electrons. The van der Waals surface area contributed by atoms with Gasteiger partial charge in [0.2, 0.25) is 0 Å². The van der Waals surface area contributed by atoms with E-state index in [1.165, 1.54) is 0 Å². The Labute approximate surface area is 90.0 Å². The quantitative estimate of drug-likeness (QED) is 0.781. The van der Waals surface area contributed by atoms with Crippen molar-refractivity contribution in [2.75, 3.05) is 5.73 Å². The molecule has 1 aromatic rings. The fourth-order valence-corrected chi connectivity index (χ4v) is 1.16. The average Bonchev–Trinajstić information content (AvgIpc) is 2.10. The summed E-state index contributed by atoms with van der Waals surface area (Å²) >= 11 is 5.79. The molecule has 0 spiro atoms. The van der Waals surface area contributed by atoms with Crippen LogP contribution in [0.15, 0.2) is 18.2 Å². The molecule has 1 rings (SSSR count). The minimum Gasteiger partial charge on any atom is -0.486 e. The lowest BCUT2D eigenvalue weighted by atomic mass is 10.1. The second kappa shape index (κ2) is 4.09. The standard InChI is InChI=1S/C11H16ClNO/c1-4-11(2,3)14-10-6-5-8(12)7-9(10)13/h5-7H,4,13H2,1-3H3. The Hall–Kier alpha value is -0.890. The van der Waals surface area contributed by atoms with E-state index in [0.29, 0.717) is 16.5 Å². The van der Waals surface area contributed by atoms with Gasteiger partial charge in [0.1, 0.15) is 11.4 Å². The Balaban J connectivity index is 2.87. The van der Waals surface area contributed by atoms with Crippen LogP contribution in [0, 0.1) is 0 Å². The van der Waals surface area contributed by atoms with Gasteiger partial charge < -0.3 is 10.5 Å². The van der Waals surface area contributed by atoms with Crippen LogP contribution < -0.4 is 10.5 Å². The van der Waals surface area contributed by atoms with E-state index in [1.54, 1.807) is 18.2 Å². The topological polar surface area (TPSA) is 35.2 Å². The van der Waals surface area contributed by atoms with Gasteiger partial charge in [-0.15, -0.1) is 0 Å². The van der Waals surface area contributed by atoms with Crippen LogP contribution in [-0.2, 0) is 0 Å². The van der Waals surface area contributed by atoms with Gasteiger partial charge >= 0.3 is 0 Å². The molecule has 0 aliphatic carbocycles. The molecular weight excluding hydrogens is 198 g/mol. The first-order valence-electron chi connectivity index (χ1n) is 4.68. The first-order chi connectivity index (χ1) is 6.44. The van der Waals surface area contributed by atoms with E-state index in [0.717, 1.165) is 6.42 Å². The highest BCUT2D eigenvalue weighted by atomic mass is 35.5. The van der Waals surface area contributed by atoms with Gasteiger partial charge in [0.25, 0.3) is 0 Å². The van der Waals surface area contributed by atoms with Gasteiger partial charge in [-0.2, -0.15) is 0 Å². The van der Waals surface area contributed by atoms with Crippen LogP contribution in [0.3, 0.4) is 0 Å². The van der Waals surface area contributed by atoms with E-state index in [4.69, 9.17) is 22.1 Å². The van der Waals surface area contributed by atoms with Crippen LogP contribution in [0.4, 0.5) is 5.69 Å². The van der Waals surface area contributed by atoms with Gasteiger partial charge in [-0.25, -0.2) is 0 Å². The van der Waals surface area contributed by atoms with Gasteiger partial charge in [-0.05, 0) is 38.5 Å². The molecule has 78 valence electrons. The minimum absolute atomic E-state index is 0.193. The highest BCUT2D eigenvalue weighted by Gasteiger charge is 2.17. The fraction of sp³-hybridized carbons (Fsp3) is 0.455. The van der Waals surface area contributed by atoms with Gasteiger partial charge in [-0.1, -0.05) is 18.5 Å². The van der Waals surface area contributed by atoms with Crippen LogP contribution in [-0.4, -0.2) is 5.60 Å². The second-order valence-corrected chi connectivity index (χ2v) is 4.33. The largest absolute Gasteiger partial charge is 0.486 e. The van der Waals surface area contributed by atoms with E-state index >= 15 is 0 Å². The van der Waals surface area contributed by atoms with E-state index in [-0.39, 0.29) is 5.60 Å². The molecule has 2 N–H and O–H groups in total. The van der Waals surface area contributed by atoms with Gasteiger partial charge in [0.15, 0.2) is 0 Å². The molecule has 1 aromatic carbocycles. The molecule has 0 amide bonds. The third kappa shape index (κ3) is 2.81. The first kappa shape index (κ1) is 11.2. The lowest BCUT2D eigenvalue weighted by Gasteiger charge is -2.25. The maximum atomic E-state index is 5.79. The molecule has 14 heavy (non-hydrogen) atoms. The van der Waals surface area contributed by atoms with Crippen LogP contribution in [0.5, 0.6) is 5.75 Å². The number of nitrogens with two attached hydrogens (primary N) is 1. The van der Waals surface area contributed by atoms with Crippen molar-refractivity contribution in [2.45, 2.75) is 32.8 Å². The first-order valence-corrected chi connectivity index (χ1v) is 5.06. The van der Waals surface area contributed by atoms with Crippen LogP contribution in [0.25, 0.3) is 0 Å². The zero-order valence-corrected chi connectivity index (χ0v) is 9.56. The number of nitrogen functional groups attached to an aromatic ring is 1. The minimum atomic E-state index is -0.193. The molecule has 0 bridgehead atoms. The molecule has 0 saturated heterocycles. The molecule has 0 aliphatic rings. The van der Waals surface area contributed by atoms with Crippen LogP contribution in [0.1, 0.15) is 27.2 Å². The Morgan fingerprint density at radius 3 is 2.57 bits per heavy atom. The number of hydrogen-bond acceptors (Lipinski definition) is 2. The number of rotatable bonds is 3. The third-order valence-electron chi connectivity index (χ3n) is 2.21. The number of halogens is 1. The summed E-state index contributed by atoms with van der Waals surface area (Å²) in [5.74, 6) is 0.696. The van der Waals surface area contributed by atoms with E-state index in [9.17, 15) is 0 Å². The highest BCUT2D eigenvalue weighted by Crippen LogP contribution is 2.29. The third-order valence-corrected chi connectivity index (χ3v) is 2.44. The molecule has 0 aromatic heterocycles. The predicted octanol–water partition coefficient (Wildman–Crippen LogP) is 3.49. The predicted molar refractivity (Wildman–Crippen MR) is 60.9 cm³/mol. The van der Waals surface area contributed by atoms with Crippen molar-refractivity contribution in [3.05, 3.63) is 23.2 Å². The summed E-state index contributed by atoms with van der Waals surface area (Å²) in [6.07, 6.45) is 0.926. The van der Waals surface area contributed by atoms with Crippen molar-refractivity contribution in [3.63, 3.8) is 0 Å². The summed E-state index contributed by atoms with van der Waals surface area (Å²) in [7, 11) is 0. The Bertz CT molecular complexity index is 323. The fourth-order valence-electron chi connectivity index (χ4n) is 0.982. The average molecular weight is 214 g/mol. The lowest BCUT2D eigenvalue weighted by molar-refractivity contribution is 0.106. The van der Waals surface area contributed by atoms with Gasteiger partial charge in [0, 0.05) is 5.02 Å². The van der Waals surface area contributed by atoms with Gasteiger partial charge in [-0.3, -0.25) is 0 Å². The maximum absolute atomic E-state index is 5.79. The summed E-state index contributed by atoms with van der Waals surface area (Å²) in [6.45, 7) is 6.13. The summed E-state index contributed by atoms with van der Waals surface area (Å²) in [6, 6.07) is 5.27. The van der Waals surface area contributed by atoms with Crippen LogP contribution >= 0.6 is 11.6 Å². The molecule has 0 heterocycles. The maximum Gasteiger partial charge on any atom is 0.143 e. The summed E-state index contributed by atoms with van der Waals surface area (Å²) in [4.78, 5) is 0. The van der Waals surface area contributed by atoms with Crippen molar-refractivity contribution >= 4 is 17.3 Å². The molecule has 0 unspecified atom stereocenters. The van der Waals surface area contributed by atoms with E-state index < -0.39 is 0 Å². The Kier molecular flexibility index (Phi) is 3.27. The van der Waals surface area contributed by atoms with Crippen molar-refractivity contribution in [2.24, 2.45) is 0 Å². The Morgan fingerprint density at radius 2 is 2.07 bits per heavy atom. The number of anilines is 1. The molecule has 0 atom stereocenters. The second-order valence-electron chi connectivity index (χ2n) is 3.90. The molecule has 0 saturated carbocycles. The summed E-state index contributed by atoms with van der Waals surface area (Å²) in [5, 5.41) is 0.629. The van der Waals surface area contributed by atoms with Crippen molar-refractivity contribution < 1.29 is 4.74 Å². The Morgan fingerprint density at radius 1 is 1.43 bits per heavy atom. The van der Waals surface area contributed by atoms with Crippen molar-refractivity contribution in [1.82, 2.24) is 0 Å². The van der Waals surface area contributed by atoms with Crippen molar-refractivity contribution in [1.29, 1.82) is 0 Å². The number of hydrogen-bond donors (Lipinski definition) is 1.